The topological polar surface area (TPSA) is 17.1 Å². The maximum Gasteiger partial charge on any atom is 0.0849 e. The van der Waals surface area contributed by atoms with Gasteiger partial charge in [-0.2, -0.15) is 0 Å². The number of hydrogen-bond acceptors (Lipinski definition) is 2. The summed E-state index contributed by atoms with van der Waals surface area (Å²) < 4.78 is 10.5. The summed E-state index contributed by atoms with van der Waals surface area (Å²) in [5.41, 5.74) is 0. The van der Waals surface area contributed by atoms with E-state index in [1.54, 1.807) is 0 Å². The highest BCUT2D eigenvalue weighted by Crippen LogP contribution is 2.15. The third kappa shape index (κ3) is 1.65. The van der Waals surface area contributed by atoms with Crippen molar-refractivity contribution in [1.29, 1.82) is 0 Å². The minimum atomic E-state index is -0.610. The van der Waals surface area contributed by atoms with Crippen molar-refractivity contribution in [2.75, 3.05) is 5.75 Å². The summed E-state index contributed by atoms with van der Waals surface area (Å²) >= 11 is 0. The highest BCUT2D eigenvalue weighted by molar-refractivity contribution is 8.70. The maximum absolute atomic E-state index is 10.5. The molecule has 0 aliphatic carbocycles. The molecule has 0 bridgehead atoms. The Labute approximate surface area is 49.0 Å². The van der Waals surface area contributed by atoms with Gasteiger partial charge in [0, 0.05) is 5.75 Å². The largest absolute Gasteiger partial charge is 0.248 e. The van der Waals surface area contributed by atoms with Crippen LogP contribution in [-0.2, 0) is 9.83 Å². The van der Waals surface area contributed by atoms with Crippen LogP contribution in [0.1, 0.15) is 6.42 Å². The summed E-state index contributed by atoms with van der Waals surface area (Å²) in [6, 6.07) is 0. The molecule has 0 spiro atoms. The highest BCUT2D eigenvalue weighted by Gasteiger charge is 1.98. The van der Waals surface area contributed by atoms with E-state index in [-0.39, 0.29) is 0 Å². The third-order valence-corrected chi connectivity index (χ3v) is 3.27. The third-order valence-electron chi connectivity index (χ3n) is 0.710. The summed E-state index contributed by atoms with van der Waals surface area (Å²) in [6.45, 7) is 0. The Morgan fingerprint density at radius 3 is 2.86 bits per heavy atom. The molecule has 0 aromatic rings. The van der Waals surface area contributed by atoms with E-state index < -0.39 is 9.83 Å². The monoisotopic (exact) mass is 134 g/mol. The zero-order valence-corrected chi connectivity index (χ0v) is 5.43. The van der Waals surface area contributed by atoms with Gasteiger partial charge in [0.05, 0.1) is 9.83 Å². The zero-order valence-electron chi connectivity index (χ0n) is 3.79. The van der Waals surface area contributed by atoms with E-state index in [1.807, 2.05) is 11.5 Å². The molecule has 7 heavy (non-hydrogen) atoms. The van der Waals surface area contributed by atoms with Gasteiger partial charge in [-0.25, -0.2) is 4.21 Å². The molecule has 1 aliphatic rings. The van der Waals surface area contributed by atoms with Gasteiger partial charge in [0.1, 0.15) is 0 Å². The molecular weight excluding hydrogens is 128 g/mol. The fourth-order valence-electron chi connectivity index (χ4n) is 0.382. The van der Waals surface area contributed by atoms with Crippen molar-refractivity contribution in [2.45, 2.75) is 6.42 Å². The first kappa shape index (κ1) is 5.38. The lowest BCUT2D eigenvalue weighted by molar-refractivity contribution is 0.691. The molecule has 1 aliphatic heterocycles. The van der Waals surface area contributed by atoms with Crippen LogP contribution < -0.4 is 0 Å². The molecule has 1 unspecified atom stereocenters. The van der Waals surface area contributed by atoms with E-state index in [0.717, 1.165) is 12.2 Å². The summed E-state index contributed by atoms with van der Waals surface area (Å²) in [7, 11) is 0.799. The molecule has 1 rings (SSSR count). The molecular formula is C4H6OS2. The van der Waals surface area contributed by atoms with E-state index >= 15 is 0 Å². The van der Waals surface area contributed by atoms with E-state index in [4.69, 9.17) is 0 Å². The van der Waals surface area contributed by atoms with Crippen LogP contribution in [0.5, 0.6) is 0 Å². The Bertz CT molecular complexity index is 108. The van der Waals surface area contributed by atoms with E-state index in [1.165, 1.54) is 10.8 Å². The summed E-state index contributed by atoms with van der Waals surface area (Å²) in [6.07, 6.45) is 3.03. The van der Waals surface area contributed by atoms with Crippen molar-refractivity contribution in [3.63, 3.8) is 0 Å². The molecule has 0 saturated carbocycles. The Kier molecular flexibility index (Phi) is 1.94. The average Bonchev–Trinajstić information content (AvgIpc) is 1.69. The minimum Gasteiger partial charge on any atom is -0.248 e. The van der Waals surface area contributed by atoms with Crippen LogP contribution in [0.2, 0.25) is 0 Å². The summed E-state index contributed by atoms with van der Waals surface area (Å²) in [4.78, 5) is 0. The number of hydrogen-bond donors (Lipinski definition) is 0. The van der Waals surface area contributed by atoms with Gasteiger partial charge in [0.25, 0.3) is 0 Å². The minimum absolute atomic E-state index is 0.610. The van der Waals surface area contributed by atoms with E-state index in [2.05, 4.69) is 0 Å². The lowest BCUT2D eigenvalue weighted by Crippen LogP contribution is -1.91. The molecule has 1 atom stereocenters. The first-order valence-electron chi connectivity index (χ1n) is 2.10. The van der Waals surface area contributed by atoms with E-state index in [0.29, 0.717) is 0 Å². The Morgan fingerprint density at radius 2 is 2.57 bits per heavy atom. The molecule has 0 radical (unpaired) electrons. The van der Waals surface area contributed by atoms with Gasteiger partial charge in [-0.15, -0.1) is 0 Å². The van der Waals surface area contributed by atoms with Crippen molar-refractivity contribution in [3.8, 4) is 0 Å². The Morgan fingerprint density at radius 1 is 1.71 bits per heavy atom. The van der Waals surface area contributed by atoms with Crippen LogP contribution in [0.3, 0.4) is 0 Å². The first-order chi connectivity index (χ1) is 3.39. The molecule has 0 amide bonds. The lowest BCUT2D eigenvalue weighted by atomic mass is 10.5. The predicted octanol–water partition coefficient (Wildman–Crippen LogP) is 1.30. The number of allylic oxidation sites excluding steroid dienone is 1. The molecule has 40 valence electrons. The van der Waals surface area contributed by atoms with Crippen LogP contribution >= 0.6 is 10.8 Å². The van der Waals surface area contributed by atoms with Gasteiger partial charge >= 0.3 is 0 Å². The van der Waals surface area contributed by atoms with Crippen LogP contribution in [-0.4, -0.2) is 9.96 Å². The molecule has 0 aromatic carbocycles. The number of rotatable bonds is 0. The fourth-order valence-corrected chi connectivity index (χ4v) is 2.33. The van der Waals surface area contributed by atoms with Crippen molar-refractivity contribution >= 4 is 20.6 Å². The van der Waals surface area contributed by atoms with Gasteiger partial charge < -0.3 is 0 Å². The molecule has 3 heteroatoms. The highest BCUT2D eigenvalue weighted by atomic mass is 33.1. The summed E-state index contributed by atoms with van der Waals surface area (Å²) in [5, 5.41) is 1.90. The van der Waals surface area contributed by atoms with Gasteiger partial charge in [-0.05, 0) is 22.6 Å². The second-order valence-corrected chi connectivity index (χ2v) is 4.44. The second kappa shape index (κ2) is 2.52. The maximum atomic E-state index is 10.5. The lowest BCUT2D eigenvalue weighted by Gasteiger charge is -1.97. The van der Waals surface area contributed by atoms with Crippen molar-refractivity contribution in [2.24, 2.45) is 0 Å². The Hall–Kier alpha value is 0.240. The smallest absolute Gasteiger partial charge is 0.0849 e. The van der Waals surface area contributed by atoms with Crippen LogP contribution in [0, 0.1) is 0 Å². The first-order valence-corrected chi connectivity index (χ1v) is 4.81. The molecule has 1 nitrogen and oxygen atoms in total. The average molecular weight is 134 g/mol. The van der Waals surface area contributed by atoms with Gasteiger partial charge in [-0.3, -0.25) is 0 Å². The van der Waals surface area contributed by atoms with Crippen LogP contribution in [0.4, 0.5) is 0 Å². The fraction of sp³-hybridized carbons (Fsp3) is 0.500. The molecule has 0 saturated heterocycles. The standard InChI is InChI=1S/C4H6OS2/c5-7-4-2-1-3-6-7/h1,3H,2,4H2. The van der Waals surface area contributed by atoms with Crippen LogP contribution in [0.15, 0.2) is 11.5 Å². The summed E-state index contributed by atoms with van der Waals surface area (Å²) in [5.74, 6) is 0.834. The molecule has 0 aromatic heterocycles. The molecule has 1 heterocycles. The van der Waals surface area contributed by atoms with E-state index in [9.17, 15) is 4.21 Å². The zero-order chi connectivity index (χ0) is 5.11. The van der Waals surface area contributed by atoms with Crippen LogP contribution in [0.25, 0.3) is 0 Å². The Balaban J connectivity index is 2.47. The quantitative estimate of drug-likeness (QED) is 0.464. The predicted molar refractivity (Wildman–Crippen MR) is 34.4 cm³/mol. The van der Waals surface area contributed by atoms with Crippen molar-refractivity contribution in [3.05, 3.63) is 11.5 Å². The van der Waals surface area contributed by atoms with Crippen molar-refractivity contribution in [1.82, 2.24) is 0 Å². The van der Waals surface area contributed by atoms with Gasteiger partial charge in [0.2, 0.25) is 0 Å². The van der Waals surface area contributed by atoms with Crippen molar-refractivity contribution < 1.29 is 4.21 Å². The molecule has 0 N–H and O–H groups in total. The second-order valence-electron chi connectivity index (χ2n) is 1.26. The van der Waals surface area contributed by atoms with Gasteiger partial charge in [0.15, 0.2) is 0 Å². The molecule has 0 fully saturated rings. The SMILES string of the molecule is O=S1CCC=CS1. The van der Waals surface area contributed by atoms with Gasteiger partial charge in [-0.1, -0.05) is 6.08 Å². The normalized spacial score (nSPS) is 30.6.